The highest BCUT2D eigenvalue weighted by molar-refractivity contribution is 5.85. The van der Waals surface area contributed by atoms with Crippen molar-refractivity contribution in [3.63, 3.8) is 0 Å². The number of likely N-dealkylation sites (tertiary alicyclic amines) is 1. The molecule has 3 atom stereocenters. The summed E-state index contributed by atoms with van der Waals surface area (Å²) in [6, 6.07) is 0.223. The van der Waals surface area contributed by atoms with E-state index in [1.54, 1.807) is 4.90 Å². The monoisotopic (exact) mass is 318 g/mol. The molecule has 122 valence electrons. The molecule has 0 spiro atoms. The lowest BCUT2D eigenvalue weighted by Gasteiger charge is -2.19. The maximum absolute atomic E-state index is 12.0. The van der Waals surface area contributed by atoms with Crippen LogP contribution >= 0.6 is 12.4 Å². The van der Waals surface area contributed by atoms with Gasteiger partial charge in [0.25, 0.3) is 0 Å². The van der Waals surface area contributed by atoms with Crippen molar-refractivity contribution in [2.45, 2.75) is 51.1 Å². The molecule has 1 saturated carbocycles. The Hall–Kier alpha value is -1.01. The highest BCUT2D eigenvalue weighted by Gasteiger charge is 2.29. The highest BCUT2D eigenvalue weighted by atomic mass is 35.5. The number of hydrogen-bond acceptors (Lipinski definition) is 3. The van der Waals surface area contributed by atoms with Crippen LogP contribution in [0.5, 0.6) is 0 Å². The van der Waals surface area contributed by atoms with Gasteiger partial charge < -0.3 is 21.3 Å². The second kappa shape index (κ2) is 8.44. The fourth-order valence-electron chi connectivity index (χ4n) is 3.17. The SMILES string of the molecule is CCNC(=O)N1CCC(NC(=O)C[C@@H]2CCC[C@H]2N)C1.Cl. The standard InChI is InChI=1S/C14H26N4O2.ClH/c1-2-16-14(20)18-7-6-11(9-18)17-13(19)8-10-4-3-5-12(10)15;/h10-12H,2-9,15H2,1H3,(H,16,20)(H,17,19);1H/t10-,11?,12+;/m0./s1. The molecule has 1 aliphatic heterocycles. The van der Waals surface area contributed by atoms with Crippen LogP contribution in [0.1, 0.15) is 39.0 Å². The van der Waals surface area contributed by atoms with Crippen molar-refractivity contribution in [1.29, 1.82) is 0 Å². The number of carbonyl (C=O) groups excluding carboxylic acids is 2. The minimum atomic E-state index is -0.0398. The van der Waals surface area contributed by atoms with Crippen molar-refractivity contribution in [1.82, 2.24) is 15.5 Å². The van der Waals surface area contributed by atoms with Gasteiger partial charge in [0, 0.05) is 38.1 Å². The Morgan fingerprint density at radius 1 is 1.29 bits per heavy atom. The topological polar surface area (TPSA) is 87.5 Å². The summed E-state index contributed by atoms with van der Waals surface area (Å²) in [5.74, 6) is 0.408. The van der Waals surface area contributed by atoms with E-state index in [0.717, 1.165) is 25.7 Å². The van der Waals surface area contributed by atoms with Crippen molar-refractivity contribution in [2.24, 2.45) is 11.7 Å². The van der Waals surface area contributed by atoms with Crippen LogP contribution in [0.3, 0.4) is 0 Å². The molecule has 4 N–H and O–H groups in total. The zero-order valence-corrected chi connectivity index (χ0v) is 13.5. The van der Waals surface area contributed by atoms with E-state index in [1.807, 2.05) is 6.92 Å². The van der Waals surface area contributed by atoms with E-state index in [0.29, 0.717) is 32.0 Å². The van der Waals surface area contributed by atoms with Crippen LogP contribution < -0.4 is 16.4 Å². The van der Waals surface area contributed by atoms with E-state index in [4.69, 9.17) is 5.73 Å². The van der Waals surface area contributed by atoms with E-state index in [9.17, 15) is 9.59 Å². The quantitative estimate of drug-likeness (QED) is 0.718. The lowest BCUT2D eigenvalue weighted by molar-refractivity contribution is -0.122. The largest absolute Gasteiger partial charge is 0.352 e. The maximum atomic E-state index is 12.0. The van der Waals surface area contributed by atoms with Gasteiger partial charge in [0.2, 0.25) is 5.91 Å². The van der Waals surface area contributed by atoms with Crippen LogP contribution in [-0.4, -0.2) is 48.6 Å². The first-order valence-electron chi connectivity index (χ1n) is 7.68. The van der Waals surface area contributed by atoms with E-state index >= 15 is 0 Å². The molecule has 0 aromatic carbocycles. The summed E-state index contributed by atoms with van der Waals surface area (Å²) in [6.45, 7) is 3.85. The molecule has 0 radical (unpaired) electrons. The van der Waals surface area contributed by atoms with E-state index in [2.05, 4.69) is 10.6 Å². The molecule has 0 aromatic rings. The average Bonchev–Trinajstić information content (AvgIpc) is 3.00. The lowest BCUT2D eigenvalue weighted by Crippen LogP contribution is -2.42. The first-order valence-corrected chi connectivity index (χ1v) is 7.68. The molecular formula is C14H27ClN4O2. The lowest BCUT2D eigenvalue weighted by atomic mass is 9.99. The van der Waals surface area contributed by atoms with Crippen LogP contribution in [-0.2, 0) is 4.79 Å². The number of hydrogen-bond donors (Lipinski definition) is 3. The first kappa shape index (κ1) is 18.0. The van der Waals surface area contributed by atoms with E-state index in [-0.39, 0.29) is 36.4 Å². The number of rotatable bonds is 4. The molecule has 1 unspecified atom stereocenters. The first-order chi connectivity index (χ1) is 9.60. The molecule has 1 aliphatic carbocycles. The van der Waals surface area contributed by atoms with Crippen LogP contribution in [0.15, 0.2) is 0 Å². The summed E-state index contributed by atoms with van der Waals surface area (Å²) in [7, 11) is 0. The number of nitrogens with one attached hydrogen (secondary N) is 2. The average molecular weight is 319 g/mol. The molecule has 0 aromatic heterocycles. The predicted molar refractivity (Wildman–Crippen MR) is 84.4 cm³/mol. The summed E-state index contributed by atoms with van der Waals surface area (Å²) in [5.41, 5.74) is 5.99. The zero-order chi connectivity index (χ0) is 14.5. The summed E-state index contributed by atoms with van der Waals surface area (Å²) in [4.78, 5) is 25.5. The summed E-state index contributed by atoms with van der Waals surface area (Å²) < 4.78 is 0. The smallest absolute Gasteiger partial charge is 0.317 e. The van der Waals surface area contributed by atoms with Gasteiger partial charge in [-0.1, -0.05) is 6.42 Å². The number of halogens is 1. The molecule has 6 nitrogen and oxygen atoms in total. The van der Waals surface area contributed by atoms with Gasteiger partial charge >= 0.3 is 6.03 Å². The molecule has 2 fully saturated rings. The van der Waals surface area contributed by atoms with Crippen molar-refractivity contribution in [3.8, 4) is 0 Å². The molecule has 2 rings (SSSR count). The maximum Gasteiger partial charge on any atom is 0.317 e. The van der Waals surface area contributed by atoms with Gasteiger partial charge in [-0.15, -0.1) is 12.4 Å². The van der Waals surface area contributed by atoms with Gasteiger partial charge in [0.1, 0.15) is 0 Å². The summed E-state index contributed by atoms with van der Waals surface area (Å²) in [6.07, 6.45) is 4.59. The number of nitrogens with two attached hydrogens (primary N) is 1. The molecule has 2 aliphatic rings. The normalized spacial score (nSPS) is 28.1. The van der Waals surface area contributed by atoms with Gasteiger partial charge in [-0.25, -0.2) is 4.79 Å². The van der Waals surface area contributed by atoms with Crippen LogP contribution in [0.25, 0.3) is 0 Å². The Balaban J connectivity index is 0.00000220. The van der Waals surface area contributed by atoms with Crippen molar-refractivity contribution < 1.29 is 9.59 Å². The van der Waals surface area contributed by atoms with Crippen molar-refractivity contribution in [3.05, 3.63) is 0 Å². The van der Waals surface area contributed by atoms with Crippen LogP contribution in [0, 0.1) is 5.92 Å². The van der Waals surface area contributed by atoms with Gasteiger partial charge in [0.15, 0.2) is 0 Å². The molecule has 0 bridgehead atoms. The number of nitrogens with zero attached hydrogens (tertiary/aromatic N) is 1. The van der Waals surface area contributed by atoms with Gasteiger partial charge in [-0.2, -0.15) is 0 Å². The zero-order valence-electron chi connectivity index (χ0n) is 12.6. The molecule has 3 amide bonds. The molecule has 1 heterocycles. The molecule has 21 heavy (non-hydrogen) atoms. The van der Waals surface area contributed by atoms with Gasteiger partial charge in [0.05, 0.1) is 0 Å². The molecule has 1 saturated heterocycles. The third-order valence-corrected chi connectivity index (χ3v) is 4.33. The summed E-state index contributed by atoms with van der Waals surface area (Å²) >= 11 is 0. The molecule has 7 heteroatoms. The van der Waals surface area contributed by atoms with E-state index < -0.39 is 0 Å². The minimum absolute atomic E-state index is 0. The van der Waals surface area contributed by atoms with Gasteiger partial charge in [-0.05, 0) is 32.1 Å². The Labute approximate surface area is 132 Å². The second-order valence-corrected chi connectivity index (χ2v) is 5.89. The molecular weight excluding hydrogens is 292 g/mol. The fraction of sp³-hybridized carbons (Fsp3) is 0.857. The minimum Gasteiger partial charge on any atom is -0.352 e. The number of carbonyl (C=O) groups is 2. The fourth-order valence-corrected chi connectivity index (χ4v) is 3.17. The Kier molecular flexibility index (Phi) is 7.25. The number of amides is 3. The highest BCUT2D eigenvalue weighted by Crippen LogP contribution is 2.26. The second-order valence-electron chi connectivity index (χ2n) is 5.89. The van der Waals surface area contributed by atoms with Gasteiger partial charge in [-0.3, -0.25) is 4.79 Å². The third-order valence-electron chi connectivity index (χ3n) is 4.33. The van der Waals surface area contributed by atoms with Crippen LogP contribution in [0.4, 0.5) is 4.79 Å². The Morgan fingerprint density at radius 2 is 2.05 bits per heavy atom. The van der Waals surface area contributed by atoms with E-state index in [1.165, 1.54) is 0 Å². The predicted octanol–water partition coefficient (Wildman–Crippen LogP) is 0.846. The van der Waals surface area contributed by atoms with Crippen molar-refractivity contribution >= 4 is 24.3 Å². The van der Waals surface area contributed by atoms with Crippen LogP contribution in [0.2, 0.25) is 0 Å². The van der Waals surface area contributed by atoms with Crippen molar-refractivity contribution in [2.75, 3.05) is 19.6 Å². The third kappa shape index (κ3) is 5.04. The Morgan fingerprint density at radius 3 is 2.67 bits per heavy atom. The summed E-state index contributed by atoms with van der Waals surface area (Å²) in [5, 5.41) is 5.82. The Bertz CT molecular complexity index is 367. The number of urea groups is 1.